The summed E-state index contributed by atoms with van der Waals surface area (Å²) in [6, 6.07) is 5.29. The molecule has 30 heavy (non-hydrogen) atoms. The Hall–Kier alpha value is -1.77. The van der Waals surface area contributed by atoms with Crippen LogP contribution in [-0.2, 0) is 0 Å². The van der Waals surface area contributed by atoms with E-state index in [2.05, 4.69) is 6.08 Å². The van der Waals surface area contributed by atoms with Gasteiger partial charge in [0.25, 0.3) is 0 Å². The summed E-state index contributed by atoms with van der Waals surface area (Å²) in [5.74, 6) is 0.615. The van der Waals surface area contributed by atoms with Crippen LogP contribution in [0.15, 0.2) is 47.6 Å². The van der Waals surface area contributed by atoms with Crippen LogP contribution in [0.25, 0.3) is 6.08 Å². The van der Waals surface area contributed by atoms with Gasteiger partial charge >= 0.3 is 0 Å². The van der Waals surface area contributed by atoms with Crippen molar-refractivity contribution in [2.24, 2.45) is 17.8 Å². The highest BCUT2D eigenvalue weighted by atomic mass is 19.2. The smallest absolute Gasteiger partial charge is 0.157 e. The first-order chi connectivity index (χ1) is 14.5. The highest BCUT2D eigenvalue weighted by Gasteiger charge is 2.38. The minimum Gasteiger partial charge on any atom is -0.239 e. The second kappa shape index (κ2) is 9.58. The van der Waals surface area contributed by atoms with Crippen molar-refractivity contribution in [3.8, 4) is 0 Å². The van der Waals surface area contributed by atoms with Gasteiger partial charge in [0.1, 0.15) is 5.82 Å². The van der Waals surface area contributed by atoms with Crippen LogP contribution in [-0.4, -0.2) is 12.3 Å². The molecule has 0 bridgehead atoms. The summed E-state index contributed by atoms with van der Waals surface area (Å²) >= 11 is 0. The van der Waals surface area contributed by atoms with E-state index in [4.69, 9.17) is 0 Å². The predicted octanol–water partition coefficient (Wildman–Crippen LogP) is 8.08. The second-order valence-electron chi connectivity index (χ2n) is 9.45. The average molecular weight is 415 g/mol. The molecule has 0 nitrogen and oxygen atoms in total. The summed E-state index contributed by atoms with van der Waals surface area (Å²) < 4.78 is 43.7. The Morgan fingerprint density at radius 3 is 2.00 bits per heavy atom. The predicted molar refractivity (Wildman–Crippen MR) is 118 cm³/mol. The SMILES string of the molecule is Cc1ccc(/C=C/C2CCC(C3=CC=C(C4CCCCC4)C(F)C3F)CC2)cc1F. The lowest BCUT2D eigenvalue weighted by molar-refractivity contribution is 0.181. The van der Waals surface area contributed by atoms with Crippen molar-refractivity contribution in [2.75, 3.05) is 0 Å². The van der Waals surface area contributed by atoms with Crippen LogP contribution in [0.2, 0.25) is 0 Å². The van der Waals surface area contributed by atoms with Gasteiger partial charge in [-0.25, -0.2) is 13.2 Å². The fourth-order valence-electron chi connectivity index (χ4n) is 5.48. The Labute approximate surface area is 179 Å². The zero-order valence-corrected chi connectivity index (χ0v) is 17.9. The van der Waals surface area contributed by atoms with Crippen LogP contribution >= 0.6 is 0 Å². The van der Waals surface area contributed by atoms with Crippen LogP contribution in [0.4, 0.5) is 13.2 Å². The zero-order chi connectivity index (χ0) is 21.1. The molecule has 3 aliphatic rings. The van der Waals surface area contributed by atoms with Crippen molar-refractivity contribution in [2.45, 2.75) is 77.1 Å². The maximum Gasteiger partial charge on any atom is 0.157 e. The zero-order valence-electron chi connectivity index (χ0n) is 17.9. The van der Waals surface area contributed by atoms with Crippen molar-refractivity contribution in [1.29, 1.82) is 0 Å². The first-order valence-electron chi connectivity index (χ1n) is 11.7. The number of benzene rings is 1. The van der Waals surface area contributed by atoms with E-state index >= 15 is 4.39 Å². The van der Waals surface area contributed by atoms with Crippen molar-refractivity contribution in [3.05, 3.63) is 64.5 Å². The van der Waals surface area contributed by atoms with Gasteiger partial charge in [-0.3, -0.25) is 0 Å². The number of hydrogen-bond acceptors (Lipinski definition) is 0. The van der Waals surface area contributed by atoms with E-state index in [0.29, 0.717) is 22.6 Å². The summed E-state index contributed by atoms with van der Waals surface area (Å²) in [7, 11) is 0. The number of halogens is 3. The van der Waals surface area contributed by atoms with Gasteiger partial charge in [-0.1, -0.05) is 55.7 Å². The van der Waals surface area contributed by atoms with Gasteiger partial charge in [0.15, 0.2) is 12.3 Å². The third-order valence-electron chi connectivity index (χ3n) is 7.44. The molecule has 0 spiro atoms. The molecular weight excluding hydrogens is 381 g/mol. The Bertz CT molecular complexity index is 821. The van der Waals surface area contributed by atoms with Crippen molar-refractivity contribution in [3.63, 3.8) is 0 Å². The van der Waals surface area contributed by atoms with Crippen molar-refractivity contribution >= 4 is 6.08 Å². The summed E-state index contributed by atoms with van der Waals surface area (Å²) in [6.07, 6.45) is 14.2. The fraction of sp³-hybridized carbons (Fsp3) is 0.556. The molecule has 3 aliphatic carbocycles. The molecule has 0 aromatic heterocycles. The molecular formula is C27H33F3. The van der Waals surface area contributed by atoms with Crippen LogP contribution in [0.1, 0.15) is 68.9 Å². The molecule has 0 N–H and O–H groups in total. The van der Waals surface area contributed by atoms with E-state index in [1.807, 2.05) is 24.3 Å². The first kappa shape index (κ1) is 21.5. The minimum absolute atomic E-state index is 0.142. The lowest BCUT2D eigenvalue weighted by Crippen LogP contribution is -2.32. The monoisotopic (exact) mass is 414 g/mol. The van der Waals surface area contributed by atoms with Gasteiger partial charge in [-0.05, 0) is 91.5 Å². The summed E-state index contributed by atoms with van der Waals surface area (Å²) in [5.41, 5.74) is 2.90. The molecule has 2 unspecified atom stereocenters. The molecule has 2 fully saturated rings. The lowest BCUT2D eigenvalue weighted by Gasteiger charge is -2.35. The lowest BCUT2D eigenvalue weighted by atomic mass is 9.72. The maximum atomic E-state index is 15.0. The Kier molecular flexibility index (Phi) is 6.85. The molecule has 2 atom stereocenters. The highest BCUT2D eigenvalue weighted by Crippen LogP contribution is 2.42. The standard InChI is InChI=1S/C27H33F3/c1-18-7-8-20(17-25(18)28)10-9-19-11-13-22(14-12-19)24-16-15-23(26(29)27(24)30)21-5-3-2-4-6-21/h7-10,15-17,19,21-22,26-27H,2-6,11-14H2,1H3/b10-9+. The maximum absolute atomic E-state index is 15.0. The van der Waals surface area contributed by atoms with Crippen LogP contribution < -0.4 is 0 Å². The number of rotatable bonds is 4. The molecule has 162 valence electrons. The third kappa shape index (κ3) is 4.76. The second-order valence-corrected chi connectivity index (χ2v) is 9.45. The van der Waals surface area contributed by atoms with Gasteiger partial charge in [0.2, 0.25) is 0 Å². The summed E-state index contributed by atoms with van der Waals surface area (Å²) in [4.78, 5) is 0. The molecule has 2 saturated carbocycles. The van der Waals surface area contributed by atoms with Gasteiger partial charge in [-0.15, -0.1) is 0 Å². The number of alkyl halides is 2. The van der Waals surface area contributed by atoms with Gasteiger partial charge in [-0.2, -0.15) is 0 Å². The molecule has 1 aromatic rings. The largest absolute Gasteiger partial charge is 0.239 e. The molecule has 0 amide bonds. The molecule has 4 rings (SSSR count). The van der Waals surface area contributed by atoms with E-state index in [0.717, 1.165) is 56.9 Å². The highest BCUT2D eigenvalue weighted by molar-refractivity contribution is 5.50. The number of allylic oxidation sites excluding steroid dienone is 5. The van der Waals surface area contributed by atoms with E-state index in [9.17, 15) is 8.78 Å². The quantitative estimate of drug-likeness (QED) is 0.467. The molecule has 0 heterocycles. The topological polar surface area (TPSA) is 0 Å². The van der Waals surface area contributed by atoms with Crippen LogP contribution in [0.5, 0.6) is 0 Å². The molecule has 0 radical (unpaired) electrons. The van der Waals surface area contributed by atoms with Crippen molar-refractivity contribution < 1.29 is 13.2 Å². The Morgan fingerprint density at radius 1 is 0.800 bits per heavy atom. The summed E-state index contributed by atoms with van der Waals surface area (Å²) in [5, 5.41) is 0. The van der Waals surface area contributed by atoms with E-state index in [-0.39, 0.29) is 17.7 Å². The number of aryl methyl sites for hydroxylation is 1. The molecule has 0 saturated heterocycles. The Morgan fingerprint density at radius 2 is 1.40 bits per heavy atom. The van der Waals surface area contributed by atoms with Gasteiger partial charge in [0, 0.05) is 0 Å². The van der Waals surface area contributed by atoms with Crippen LogP contribution in [0.3, 0.4) is 0 Å². The van der Waals surface area contributed by atoms with E-state index in [1.165, 1.54) is 6.42 Å². The number of hydrogen-bond donors (Lipinski definition) is 0. The van der Waals surface area contributed by atoms with Crippen molar-refractivity contribution in [1.82, 2.24) is 0 Å². The fourth-order valence-corrected chi connectivity index (χ4v) is 5.48. The van der Waals surface area contributed by atoms with Crippen LogP contribution in [0, 0.1) is 30.5 Å². The summed E-state index contributed by atoms with van der Waals surface area (Å²) in [6.45, 7) is 1.76. The van der Waals surface area contributed by atoms with Gasteiger partial charge in [0.05, 0.1) is 0 Å². The third-order valence-corrected chi connectivity index (χ3v) is 7.44. The average Bonchev–Trinajstić information content (AvgIpc) is 2.77. The molecule has 1 aromatic carbocycles. The Balaban J connectivity index is 1.36. The molecule has 0 aliphatic heterocycles. The van der Waals surface area contributed by atoms with E-state index in [1.54, 1.807) is 19.1 Å². The first-order valence-corrected chi connectivity index (χ1v) is 11.7. The molecule has 3 heteroatoms. The van der Waals surface area contributed by atoms with E-state index < -0.39 is 12.3 Å². The minimum atomic E-state index is -1.47. The normalized spacial score (nSPS) is 30.9. The van der Waals surface area contributed by atoms with Gasteiger partial charge < -0.3 is 0 Å².